The molecule has 0 aliphatic heterocycles. The van der Waals surface area contributed by atoms with Crippen LogP contribution in [-0.4, -0.2) is 4.33 Å². The van der Waals surface area contributed by atoms with E-state index in [0.29, 0.717) is 5.41 Å². The number of hydrogen-bond donors (Lipinski definition) is 0. The molecule has 0 amide bonds. The van der Waals surface area contributed by atoms with Crippen LogP contribution < -0.4 is 0 Å². The quantitative estimate of drug-likeness (QED) is 0.637. The summed E-state index contributed by atoms with van der Waals surface area (Å²) in [6.07, 6.45) is 4.29. The molecule has 3 fully saturated rings. The molecular formula is C10H13Cl3. The summed E-state index contributed by atoms with van der Waals surface area (Å²) in [6, 6.07) is 0. The van der Waals surface area contributed by atoms with Gasteiger partial charge < -0.3 is 0 Å². The molecule has 13 heavy (non-hydrogen) atoms. The van der Waals surface area contributed by atoms with Crippen LogP contribution in [-0.2, 0) is 0 Å². The summed E-state index contributed by atoms with van der Waals surface area (Å²) >= 11 is 17.9. The number of rotatable bonds is 3. The Labute approximate surface area is 94.2 Å². The Kier molecular flexibility index (Phi) is 2.02. The van der Waals surface area contributed by atoms with Crippen molar-refractivity contribution in [2.75, 3.05) is 0 Å². The lowest BCUT2D eigenvalue weighted by Gasteiger charge is -2.71. The molecule has 74 valence electrons. The second-order valence-corrected chi connectivity index (χ2v) is 7.28. The molecule has 0 heterocycles. The van der Waals surface area contributed by atoms with Gasteiger partial charge in [-0.3, -0.25) is 0 Å². The minimum Gasteiger partial charge on any atom is -0.102 e. The lowest BCUT2D eigenvalue weighted by atomic mass is 9.34. The van der Waals surface area contributed by atoms with Gasteiger partial charge in [0, 0.05) is 10.4 Å². The highest BCUT2D eigenvalue weighted by molar-refractivity contribution is 6.48. The maximum Gasteiger partial charge on any atom is 0.116 e. The summed E-state index contributed by atoms with van der Waals surface area (Å²) in [4.78, 5) is 0. The van der Waals surface area contributed by atoms with Crippen molar-refractivity contribution in [2.45, 2.75) is 36.9 Å². The number of hydrogen-bond acceptors (Lipinski definition) is 0. The molecule has 0 aromatic heterocycles. The third-order valence-electron chi connectivity index (χ3n) is 3.40. The van der Waals surface area contributed by atoms with Gasteiger partial charge in [-0.15, -0.1) is 23.2 Å². The average Bonchev–Trinajstić information content (AvgIpc) is 1.71. The van der Waals surface area contributed by atoms with Crippen molar-refractivity contribution in [2.24, 2.45) is 10.8 Å². The molecular weight excluding hydrogens is 226 g/mol. The molecule has 3 heteroatoms. The normalized spacial score (nSPS) is 42.2. The lowest BCUT2D eigenvalue weighted by Crippen LogP contribution is -2.62. The first-order valence-corrected chi connectivity index (χ1v) is 5.63. The van der Waals surface area contributed by atoms with E-state index in [2.05, 4.69) is 6.58 Å². The van der Waals surface area contributed by atoms with Crippen molar-refractivity contribution >= 4 is 34.8 Å². The predicted octanol–water partition coefficient (Wildman–Crippen LogP) is 4.49. The lowest BCUT2D eigenvalue weighted by molar-refractivity contribution is -0.177. The van der Waals surface area contributed by atoms with Gasteiger partial charge in [0.2, 0.25) is 0 Å². The first-order valence-electron chi connectivity index (χ1n) is 4.50. The molecule has 0 N–H and O–H groups in total. The molecule has 0 atom stereocenters. The van der Waals surface area contributed by atoms with Gasteiger partial charge in [-0.25, -0.2) is 0 Å². The van der Waals surface area contributed by atoms with Crippen LogP contribution in [0, 0.1) is 10.8 Å². The van der Waals surface area contributed by atoms with E-state index in [9.17, 15) is 0 Å². The molecule has 0 saturated heterocycles. The van der Waals surface area contributed by atoms with Gasteiger partial charge in [0.15, 0.2) is 0 Å². The van der Waals surface area contributed by atoms with E-state index in [4.69, 9.17) is 34.8 Å². The predicted molar refractivity (Wildman–Crippen MR) is 58.4 cm³/mol. The molecule has 3 aliphatic rings. The van der Waals surface area contributed by atoms with Crippen LogP contribution in [0.1, 0.15) is 32.6 Å². The van der Waals surface area contributed by atoms with Gasteiger partial charge in [-0.2, -0.15) is 0 Å². The standard InChI is InChI=1S/C10H13Cl3/c1-7(11)10-4-9(5-10,6-10)3-8(2,12)13/h1,3-6H2,2H3. The van der Waals surface area contributed by atoms with E-state index in [0.717, 1.165) is 30.7 Å². The van der Waals surface area contributed by atoms with E-state index < -0.39 is 4.33 Å². The van der Waals surface area contributed by atoms with E-state index in [1.54, 1.807) is 0 Å². The van der Waals surface area contributed by atoms with E-state index >= 15 is 0 Å². The van der Waals surface area contributed by atoms with Crippen LogP contribution in [0.15, 0.2) is 11.6 Å². The van der Waals surface area contributed by atoms with Crippen LogP contribution in [0.2, 0.25) is 0 Å². The van der Waals surface area contributed by atoms with Crippen LogP contribution in [0.3, 0.4) is 0 Å². The van der Waals surface area contributed by atoms with Crippen LogP contribution in [0.4, 0.5) is 0 Å². The highest BCUT2D eigenvalue weighted by atomic mass is 35.5. The van der Waals surface area contributed by atoms with Crippen LogP contribution in [0.25, 0.3) is 0 Å². The summed E-state index contributed by atoms with van der Waals surface area (Å²) < 4.78 is -0.583. The zero-order chi connectivity index (χ0) is 9.91. The smallest absolute Gasteiger partial charge is 0.102 e. The zero-order valence-corrected chi connectivity index (χ0v) is 9.94. The van der Waals surface area contributed by atoms with Gasteiger partial charge in [0.05, 0.1) is 0 Å². The molecule has 0 unspecified atom stereocenters. The Bertz CT molecular complexity index is 242. The van der Waals surface area contributed by atoms with Gasteiger partial charge in [0.1, 0.15) is 4.33 Å². The SMILES string of the molecule is C=C(Cl)C12CC(CC(C)(Cl)Cl)(C1)C2. The molecule has 0 nitrogen and oxygen atoms in total. The maximum atomic E-state index is 5.99. The first-order chi connectivity index (χ1) is 5.77. The first kappa shape index (κ1) is 10.1. The Balaban J connectivity index is 1.94. The Morgan fingerprint density at radius 3 is 2.15 bits per heavy atom. The number of halogens is 3. The summed E-state index contributed by atoms with van der Waals surface area (Å²) in [6.45, 7) is 5.67. The number of allylic oxidation sites excluding steroid dienone is 1. The molecule has 3 saturated carbocycles. The van der Waals surface area contributed by atoms with Crippen LogP contribution in [0.5, 0.6) is 0 Å². The number of alkyl halides is 2. The van der Waals surface area contributed by atoms with Gasteiger partial charge in [-0.05, 0) is 38.0 Å². The molecule has 3 aliphatic carbocycles. The van der Waals surface area contributed by atoms with E-state index in [1.807, 2.05) is 6.92 Å². The highest BCUT2D eigenvalue weighted by Gasteiger charge is 2.69. The third kappa shape index (κ3) is 1.52. The van der Waals surface area contributed by atoms with Crippen LogP contribution >= 0.6 is 34.8 Å². The Morgan fingerprint density at radius 2 is 1.85 bits per heavy atom. The zero-order valence-electron chi connectivity index (χ0n) is 7.67. The third-order valence-corrected chi connectivity index (χ3v) is 4.07. The molecule has 0 radical (unpaired) electrons. The van der Waals surface area contributed by atoms with Gasteiger partial charge in [0.25, 0.3) is 0 Å². The molecule has 0 spiro atoms. The minimum atomic E-state index is -0.583. The fourth-order valence-corrected chi connectivity index (χ4v) is 3.90. The fourth-order valence-electron chi connectivity index (χ4n) is 3.13. The van der Waals surface area contributed by atoms with E-state index in [1.165, 1.54) is 0 Å². The van der Waals surface area contributed by atoms with Crippen molar-refractivity contribution in [3.63, 3.8) is 0 Å². The second-order valence-electron chi connectivity index (χ2n) is 4.96. The fraction of sp³-hybridized carbons (Fsp3) is 0.800. The monoisotopic (exact) mass is 238 g/mol. The summed E-state index contributed by atoms with van der Waals surface area (Å²) in [5.41, 5.74) is 0.636. The molecule has 0 aromatic rings. The molecule has 0 aromatic carbocycles. The summed E-state index contributed by atoms with van der Waals surface area (Å²) in [7, 11) is 0. The van der Waals surface area contributed by atoms with Crippen molar-refractivity contribution in [1.82, 2.24) is 0 Å². The summed E-state index contributed by atoms with van der Waals surface area (Å²) in [5, 5.41) is 0.820. The average molecular weight is 240 g/mol. The van der Waals surface area contributed by atoms with Crippen molar-refractivity contribution < 1.29 is 0 Å². The van der Waals surface area contributed by atoms with Crippen molar-refractivity contribution in [3.05, 3.63) is 11.6 Å². The van der Waals surface area contributed by atoms with E-state index in [-0.39, 0.29) is 5.41 Å². The molecule has 3 rings (SSSR count). The minimum absolute atomic E-state index is 0.251. The van der Waals surface area contributed by atoms with Crippen molar-refractivity contribution in [3.8, 4) is 0 Å². The largest absolute Gasteiger partial charge is 0.116 e. The topological polar surface area (TPSA) is 0 Å². The summed E-state index contributed by atoms with van der Waals surface area (Å²) in [5.74, 6) is 0. The van der Waals surface area contributed by atoms with Gasteiger partial charge >= 0.3 is 0 Å². The van der Waals surface area contributed by atoms with Crippen molar-refractivity contribution in [1.29, 1.82) is 0 Å². The second kappa shape index (κ2) is 2.59. The highest BCUT2D eigenvalue weighted by Crippen LogP contribution is 2.78. The Hall–Kier alpha value is 0.610. The maximum absolute atomic E-state index is 5.99. The molecule has 2 bridgehead atoms. The van der Waals surface area contributed by atoms with Gasteiger partial charge in [-0.1, -0.05) is 18.2 Å². The Morgan fingerprint density at radius 1 is 1.38 bits per heavy atom.